The maximum absolute atomic E-state index is 11.3. The molecule has 1 rings (SSSR count). The highest BCUT2D eigenvalue weighted by molar-refractivity contribution is 5.78. The van der Waals surface area contributed by atoms with Gasteiger partial charge in [0.25, 0.3) is 0 Å². The number of hydrogen-bond acceptors (Lipinski definition) is 6. The summed E-state index contributed by atoms with van der Waals surface area (Å²) >= 11 is 0. The average molecular weight is 323 g/mol. The molecule has 1 aromatic rings. The van der Waals surface area contributed by atoms with Gasteiger partial charge in [-0.15, -0.1) is 0 Å². The highest BCUT2D eigenvalue weighted by atomic mass is 16.6. The summed E-state index contributed by atoms with van der Waals surface area (Å²) in [5, 5.41) is 14.1. The van der Waals surface area contributed by atoms with Crippen molar-refractivity contribution in [3.8, 4) is 0 Å². The first-order valence-corrected chi connectivity index (χ1v) is 7.50. The molecule has 1 N–H and O–H groups in total. The minimum atomic E-state index is -0.620. The largest absolute Gasteiger partial charge is 0.448 e. The second kappa shape index (κ2) is 11.0. The Balaban J connectivity index is 2.16. The lowest BCUT2D eigenvalue weighted by Crippen LogP contribution is -2.19. The van der Waals surface area contributed by atoms with E-state index < -0.39 is 11.0 Å². The van der Waals surface area contributed by atoms with Crippen molar-refractivity contribution in [2.24, 2.45) is 5.10 Å². The number of carbonyl (C=O) groups excluding carboxylic acids is 1. The third-order valence-electron chi connectivity index (χ3n) is 2.85. The summed E-state index contributed by atoms with van der Waals surface area (Å²) in [5.41, 5.74) is 2.21. The van der Waals surface area contributed by atoms with E-state index in [0.717, 1.165) is 19.3 Å². The fourth-order valence-electron chi connectivity index (χ4n) is 1.70. The molecule has 8 nitrogen and oxygen atoms in total. The molecule has 0 aromatic carbocycles. The van der Waals surface area contributed by atoms with Gasteiger partial charge in [-0.2, -0.15) is 5.10 Å². The van der Waals surface area contributed by atoms with E-state index in [-0.39, 0.29) is 5.88 Å². The lowest BCUT2D eigenvalue weighted by molar-refractivity contribution is -0.402. The molecule has 0 saturated heterocycles. The Morgan fingerprint density at radius 3 is 2.87 bits per heavy atom. The zero-order chi connectivity index (χ0) is 16.9. The van der Waals surface area contributed by atoms with E-state index >= 15 is 0 Å². The van der Waals surface area contributed by atoms with Gasteiger partial charge in [0, 0.05) is 6.21 Å². The summed E-state index contributed by atoms with van der Waals surface area (Å²) < 4.78 is 9.84. The van der Waals surface area contributed by atoms with Crippen LogP contribution in [0.4, 0.5) is 10.7 Å². The second-order valence-corrected chi connectivity index (χ2v) is 4.73. The Labute approximate surface area is 134 Å². The van der Waals surface area contributed by atoms with Crippen LogP contribution in [0.15, 0.2) is 27.7 Å². The van der Waals surface area contributed by atoms with Crippen LogP contribution < -0.4 is 5.43 Å². The average Bonchev–Trinajstić information content (AvgIpc) is 2.99. The number of rotatable bonds is 10. The van der Waals surface area contributed by atoms with Crippen molar-refractivity contribution in [1.82, 2.24) is 5.43 Å². The lowest BCUT2D eigenvalue weighted by Gasteiger charge is -2.02. The number of nitrogens with zero attached hydrogens (tertiary/aromatic N) is 2. The van der Waals surface area contributed by atoms with Crippen LogP contribution in [0.25, 0.3) is 6.08 Å². The van der Waals surface area contributed by atoms with Gasteiger partial charge in [0.05, 0.1) is 12.7 Å². The number of allylic oxidation sites excluding steroid dienone is 1. The van der Waals surface area contributed by atoms with Crippen molar-refractivity contribution in [2.75, 3.05) is 6.61 Å². The minimum Gasteiger partial charge on any atom is -0.448 e. The Bertz CT molecular complexity index is 551. The topological polar surface area (TPSA) is 107 Å². The van der Waals surface area contributed by atoms with Gasteiger partial charge in [0.2, 0.25) is 0 Å². The Morgan fingerprint density at radius 2 is 2.17 bits per heavy atom. The van der Waals surface area contributed by atoms with Crippen molar-refractivity contribution >= 4 is 24.3 Å². The SMILES string of the molecule is CCCCCCCOC(=O)N/N=C/C=C/c1ccc([N+](=O)[O-])o1. The van der Waals surface area contributed by atoms with Crippen molar-refractivity contribution in [3.63, 3.8) is 0 Å². The maximum atomic E-state index is 11.3. The Morgan fingerprint density at radius 1 is 1.39 bits per heavy atom. The van der Waals surface area contributed by atoms with Crippen molar-refractivity contribution in [1.29, 1.82) is 0 Å². The highest BCUT2D eigenvalue weighted by Gasteiger charge is 2.09. The van der Waals surface area contributed by atoms with Gasteiger partial charge in [-0.25, -0.2) is 10.2 Å². The van der Waals surface area contributed by atoms with Gasteiger partial charge in [-0.1, -0.05) is 32.6 Å². The Hall–Kier alpha value is -2.64. The molecule has 0 spiro atoms. The van der Waals surface area contributed by atoms with Crippen molar-refractivity contribution < 1.29 is 18.9 Å². The fourth-order valence-corrected chi connectivity index (χ4v) is 1.70. The molecule has 0 saturated carbocycles. The number of ether oxygens (including phenoxy) is 1. The number of unbranched alkanes of at least 4 members (excludes halogenated alkanes) is 4. The number of hydrazone groups is 1. The molecule has 0 radical (unpaired) electrons. The van der Waals surface area contributed by atoms with E-state index in [0.29, 0.717) is 12.4 Å². The lowest BCUT2D eigenvalue weighted by atomic mass is 10.2. The highest BCUT2D eigenvalue weighted by Crippen LogP contribution is 2.16. The van der Waals surface area contributed by atoms with E-state index in [1.54, 1.807) is 0 Å². The van der Waals surface area contributed by atoms with Gasteiger partial charge in [0.1, 0.15) is 10.7 Å². The van der Waals surface area contributed by atoms with Crippen LogP contribution in [0.2, 0.25) is 0 Å². The molecule has 1 amide bonds. The van der Waals surface area contributed by atoms with Crippen LogP contribution in [0.1, 0.15) is 44.8 Å². The minimum absolute atomic E-state index is 0.317. The molecular formula is C15H21N3O5. The van der Waals surface area contributed by atoms with Crippen LogP contribution >= 0.6 is 0 Å². The molecule has 0 bridgehead atoms. The molecule has 0 fully saturated rings. The third kappa shape index (κ3) is 8.40. The van der Waals surface area contributed by atoms with Crippen LogP contribution in [0, 0.1) is 10.1 Å². The number of amides is 1. The fraction of sp³-hybridized carbons (Fsp3) is 0.467. The quantitative estimate of drug-likeness (QED) is 0.304. The van der Waals surface area contributed by atoms with Gasteiger partial charge >= 0.3 is 12.0 Å². The van der Waals surface area contributed by atoms with E-state index in [9.17, 15) is 14.9 Å². The van der Waals surface area contributed by atoms with Crippen LogP contribution in [-0.2, 0) is 4.74 Å². The van der Waals surface area contributed by atoms with Crippen molar-refractivity contribution in [3.05, 3.63) is 34.1 Å². The van der Waals surface area contributed by atoms with Gasteiger partial charge in [-0.05, 0) is 24.6 Å². The zero-order valence-corrected chi connectivity index (χ0v) is 13.1. The maximum Gasteiger partial charge on any atom is 0.433 e. The molecule has 0 unspecified atom stereocenters. The summed E-state index contributed by atoms with van der Waals surface area (Å²) in [5.74, 6) is -0.0139. The Kier molecular flexibility index (Phi) is 8.80. The van der Waals surface area contributed by atoms with E-state index in [1.807, 2.05) is 0 Å². The van der Waals surface area contributed by atoms with Gasteiger partial charge in [0.15, 0.2) is 0 Å². The van der Waals surface area contributed by atoms with Gasteiger partial charge < -0.3 is 9.15 Å². The normalized spacial score (nSPS) is 11.2. The molecule has 23 heavy (non-hydrogen) atoms. The molecule has 0 aliphatic heterocycles. The number of nitrogens with one attached hydrogen (secondary N) is 1. The number of furan rings is 1. The summed E-state index contributed by atoms with van der Waals surface area (Å²) in [6.07, 6.45) is 9.07. The summed E-state index contributed by atoms with van der Waals surface area (Å²) in [6, 6.07) is 2.72. The van der Waals surface area contributed by atoms with E-state index in [4.69, 9.17) is 9.15 Å². The first-order valence-electron chi connectivity index (χ1n) is 7.50. The standard InChI is InChI=1S/C15H21N3O5/c1-2-3-4-5-6-12-22-15(19)17-16-11-7-8-13-9-10-14(23-13)18(20)21/h7-11H,2-6,12H2,1H3,(H,17,19)/b8-7+,16-11+. The predicted octanol–water partition coefficient (Wildman–Crippen LogP) is 3.88. The van der Waals surface area contributed by atoms with E-state index in [2.05, 4.69) is 17.5 Å². The molecule has 1 aromatic heterocycles. The second-order valence-electron chi connectivity index (χ2n) is 4.73. The summed E-state index contributed by atoms with van der Waals surface area (Å²) in [4.78, 5) is 21.1. The number of hydrogen-bond donors (Lipinski definition) is 1. The van der Waals surface area contributed by atoms with Crippen LogP contribution in [0.5, 0.6) is 0 Å². The monoisotopic (exact) mass is 323 g/mol. The number of carbonyl (C=O) groups is 1. The van der Waals surface area contributed by atoms with Crippen LogP contribution in [0.3, 0.4) is 0 Å². The summed E-state index contributed by atoms with van der Waals surface area (Å²) in [7, 11) is 0. The molecule has 0 atom stereocenters. The smallest absolute Gasteiger partial charge is 0.433 e. The molecule has 0 aliphatic rings. The van der Waals surface area contributed by atoms with E-state index in [1.165, 1.54) is 43.3 Å². The molecule has 0 aliphatic carbocycles. The molecular weight excluding hydrogens is 302 g/mol. The first-order chi connectivity index (χ1) is 11.1. The molecule has 126 valence electrons. The molecule has 1 heterocycles. The first kappa shape index (κ1) is 18.4. The molecule has 8 heteroatoms. The van der Waals surface area contributed by atoms with Gasteiger partial charge in [-0.3, -0.25) is 10.1 Å². The predicted molar refractivity (Wildman–Crippen MR) is 86.1 cm³/mol. The third-order valence-corrected chi connectivity index (χ3v) is 2.85. The summed E-state index contributed by atoms with van der Waals surface area (Å²) in [6.45, 7) is 2.51. The van der Waals surface area contributed by atoms with Crippen LogP contribution in [-0.4, -0.2) is 23.8 Å². The number of nitro groups is 1. The van der Waals surface area contributed by atoms with Crippen molar-refractivity contribution in [2.45, 2.75) is 39.0 Å². The zero-order valence-electron chi connectivity index (χ0n) is 13.1.